The number of rotatable bonds is 3. The topological polar surface area (TPSA) is 107 Å². The van der Waals surface area contributed by atoms with Crippen molar-refractivity contribution >= 4 is 28.6 Å². The lowest BCUT2D eigenvalue weighted by Gasteiger charge is -2.06. The third-order valence-electron chi connectivity index (χ3n) is 2.47. The number of hydrogen-bond acceptors (Lipinski definition) is 8. The summed E-state index contributed by atoms with van der Waals surface area (Å²) in [6.45, 7) is 0. The van der Waals surface area contributed by atoms with Gasteiger partial charge in [0.1, 0.15) is 5.03 Å². The third-order valence-corrected chi connectivity index (χ3v) is 3.50. The van der Waals surface area contributed by atoms with Crippen molar-refractivity contribution in [3.63, 3.8) is 0 Å². The molecule has 8 nitrogen and oxygen atoms in total. The minimum Gasteiger partial charge on any atom is -0.292 e. The van der Waals surface area contributed by atoms with Crippen molar-refractivity contribution in [1.82, 2.24) is 30.2 Å². The standard InChI is InChI=1S/C10H10N8S/c1-18-10(15-16-17-18)19-8-6-4-2-3-5-7(6)12-9(13-8)14-11/h2-5H,11H2,1H3,(H,12,13,14). The van der Waals surface area contributed by atoms with Crippen LogP contribution in [0, 0.1) is 0 Å². The molecule has 3 aromatic rings. The van der Waals surface area contributed by atoms with Crippen LogP contribution in [-0.2, 0) is 7.05 Å². The van der Waals surface area contributed by atoms with Crippen LogP contribution in [0.5, 0.6) is 0 Å². The van der Waals surface area contributed by atoms with E-state index in [2.05, 4.69) is 30.9 Å². The first kappa shape index (κ1) is 11.8. The zero-order chi connectivity index (χ0) is 13.2. The van der Waals surface area contributed by atoms with Gasteiger partial charge in [-0.15, -0.1) is 5.10 Å². The maximum atomic E-state index is 5.38. The molecule has 96 valence electrons. The minimum atomic E-state index is 0.358. The van der Waals surface area contributed by atoms with Gasteiger partial charge in [0.25, 0.3) is 0 Å². The fourth-order valence-electron chi connectivity index (χ4n) is 1.58. The van der Waals surface area contributed by atoms with Gasteiger partial charge in [-0.1, -0.05) is 18.2 Å². The number of hydrogen-bond donors (Lipinski definition) is 2. The van der Waals surface area contributed by atoms with Gasteiger partial charge in [0.05, 0.1) is 5.52 Å². The SMILES string of the molecule is Cn1nnnc1Sc1nc(NN)nc2ccccc12. The molecule has 0 radical (unpaired) electrons. The number of anilines is 1. The van der Waals surface area contributed by atoms with Crippen LogP contribution in [0.4, 0.5) is 5.95 Å². The monoisotopic (exact) mass is 274 g/mol. The molecule has 0 atom stereocenters. The lowest BCUT2D eigenvalue weighted by molar-refractivity contribution is 0.664. The number of fused-ring (bicyclic) bond motifs is 1. The molecule has 9 heteroatoms. The van der Waals surface area contributed by atoms with Crippen LogP contribution in [0.1, 0.15) is 0 Å². The molecular weight excluding hydrogens is 264 g/mol. The number of nitrogens with one attached hydrogen (secondary N) is 1. The quantitative estimate of drug-likeness (QED) is 0.406. The number of aromatic nitrogens is 6. The fourth-order valence-corrected chi connectivity index (χ4v) is 2.42. The lowest BCUT2D eigenvalue weighted by atomic mass is 10.2. The van der Waals surface area contributed by atoms with E-state index in [1.54, 1.807) is 11.7 Å². The zero-order valence-corrected chi connectivity index (χ0v) is 10.8. The highest BCUT2D eigenvalue weighted by molar-refractivity contribution is 7.99. The van der Waals surface area contributed by atoms with E-state index in [4.69, 9.17) is 5.84 Å². The van der Waals surface area contributed by atoms with Gasteiger partial charge in [-0.25, -0.2) is 20.5 Å². The van der Waals surface area contributed by atoms with Crippen LogP contribution in [-0.4, -0.2) is 30.2 Å². The van der Waals surface area contributed by atoms with Crippen molar-refractivity contribution in [3.05, 3.63) is 24.3 Å². The average Bonchev–Trinajstić information content (AvgIpc) is 2.84. The number of nitrogens with zero attached hydrogens (tertiary/aromatic N) is 6. The van der Waals surface area contributed by atoms with Crippen LogP contribution in [0.3, 0.4) is 0 Å². The van der Waals surface area contributed by atoms with Crippen LogP contribution in [0.15, 0.2) is 34.4 Å². The van der Waals surface area contributed by atoms with Crippen molar-refractivity contribution in [2.24, 2.45) is 12.9 Å². The Hall–Kier alpha value is -2.26. The summed E-state index contributed by atoms with van der Waals surface area (Å²) in [4.78, 5) is 8.63. The van der Waals surface area contributed by atoms with Crippen molar-refractivity contribution in [2.45, 2.75) is 10.2 Å². The average molecular weight is 274 g/mol. The number of aryl methyl sites for hydroxylation is 1. The molecule has 3 rings (SSSR count). The zero-order valence-electron chi connectivity index (χ0n) is 9.98. The van der Waals surface area contributed by atoms with Gasteiger partial charge in [-0.05, 0) is 28.3 Å². The minimum absolute atomic E-state index is 0.358. The van der Waals surface area contributed by atoms with Gasteiger partial charge in [0, 0.05) is 12.4 Å². The first-order chi connectivity index (χ1) is 9.28. The Labute approximate surface area is 112 Å². The normalized spacial score (nSPS) is 10.8. The largest absolute Gasteiger partial charge is 0.292 e. The van der Waals surface area contributed by atoms with Crippen molar-refractivity contribution in [1.29, 1.82) is 0 Å². The second-order valence-corrected chi connectivity index (χ2v) is 4.66. The molecule has 0 fully saturated rings. The van der Waals surface area contributed by atoms with Gasteiger partial charge < -0.3 is 0 Å². The highest BCUT2D eigenvalue weighted by Gasteiger charge is 2.12. The predicted molar refractivity (Wildman–Crippen MR) is 70.3 cm³/mol. The predicted octanol–water partition coefficient (Wildman–Crippen LogP) is 0.590. The van der Waals surface area contributed by atoms with E-state index in [9.17, 15) is 0 Å². The lowest BCUT2D eigenvalue weighted by Crippen LogP contribution is -2.11. The number of para-hydroxylation sites is 1. The first-order valence-corrected chi connectivity index (χ1v) is 6.23. The van der Waals surface area contributed by atoms with Crippen LogP contribution in [0.25, 0.3) is 10.9 Å². The number of hydrazine groups is 1. The molecule has 0 aliphatic heterocycles. The number of tetrazole rings is 1. The molecule has 0 saturated heterocycles. The Morgan fingerprint density at radius 2 is 2.11 bits per heavy atom. The highest BCUT2D eigenvalue weighted by Crippen LogP contribution is 2.30. The summed E-state index contributed by atoms with van der Waals surface area (Å²) in [5.74, 6) is 5.74. The summed E-state index contributed by atoms with van der Waals surface area (Å²) in [6, 6.07) is 7.69. The second kappa shape index (κ2) is 4.78. The molecule has 0 bridgehead atoms. The highest BCUT2D eigenvalue weighted by atomic mass is 32.2. The summed E-state index contributed by atoms with van der Waals surface area (Å²) in [6.07, 6.45) is 0. The molecule has 3 N–H and O–H groups in total. The van der Waals surface area contributed by atoms with E-state index < -0.39 is 0 Å². The van der Waals surface area contributed by atoms with Crippen LogP contribution < -0.4 is 11.3 Å². The number of benzene rings is 1. The number of nitrogens with two attached hydrogens (primary N) is 1. The van der Waals surface area contributed by atoms with Crippen LogP contribution >= 0.6 is 11.8 Å². The Morgan fingerprint density at radius 3 is 2.84 bits per heavy atom. The molecule has 1 aromatic carbocycles. The fraction of sp³-hybridized carbons (Fsp3) is 0.100. The van der Waals surface area contributed by atoms with E-state index in [0.717, 1.165) is 15.9 Å². The Balaban J connectivity index is 2.13. The van der Waals surface area contributed by atoms with E-state index in [0.29, 0.717) is 11.1 Å². The molecule has 0 unspecified atom stereocenters. The Bertz CT molecular complexity index is 724. The summed E-state index contributed by atoms with van der Waals surface area (Å²) in [5.41, 5.74) is 3.27. The molecule has 0 spiro atoms. The third kappa shape index (κ3) is 2.20. The van der Waals surface area contributed by atoms with E-state index in [-0.39, 0.29) is 0 Å². The molecule has 0 aliphatic rings. The van der Waals surface area contributed by atoms with E-state index >= 15 is 0 Å². The van der Waals surface area contributed by atoms with E-state index in [1.807, 2.05) is 24.3 Å². The molecule has 0 saturated carbocycles. The van der Waals surface area contributed by atoms with Gasteiger partial charge in [-0.2, -0.15) is 0 Å². The number of nitrogen functional groups attached to an aromatic ring is 1. The second-order valence-electron chi connectivity index (χ2n) is 3.70. The molecule has 19 heavy (non-hydrogen) atoms. The summed E-state index contributed by atoms with van der Waals surface area (Å²) in [7, 11) is 1.77. The van der Waals surface area contributed by atoms with Gasteiger partial charge >= 0.3 is 0 Å². The first-order valence-electron chi connectivity index (χ1n) is 5.41. The van der Waals surface area contributed by atoms with E-state index in [1.165, 1.54) is 11.8 Å². The molecular formula is C10H10N8S. The smallest absolute Gasteiger partial charge is 0.238 e. The Kier molecular flexibility index (Phi) is 2.97. The summed E-state index contributed by atoms with van der Waals surface area (Å²) < 4.78 is 1.58. The maximum Gasteiger partial charge on any atom is 0.238 e. The molecule has 2 aromatic heterocycles. The van der Waals surface area contributed by atoms with Crippen molar-refractivity contribution in [2.75, 3.05) is 5.43 Å². The van der Waals surface area contributed by atoms with Crippen LogP contribution in [0.2, 0.25) is 0 Å². The van der Waals surface area contributed by atoms with Gasteiger partial charge in [0.15, 0.2) is 0 Å². The van der Waals surface area contributed by atoms with Crippen molar-refractivity contribution in [3.8, 4) is 0 Å². The summed E-state index contributed by atoms with van der Waals surface area (Å²) >= 11 is 1.36. The maximum absolute atomic E-state index is 5.38. The molecule has 0 amide bonds. The molecule has 2 heterocycles. The summed E-state index contributed by atoms with van der Waals surface area (Å²) in [5, 5.41) is 13.6. The van der Waals surface area contributed by atoms with Gasteiger partial charge in [-0.3, -0.25) is 5.43 Å². The van der Waals surface area contributed by atoms with Gasteiger partial charge in [0.2, 0.25) is 11.1 Å². The molecule has 0 aliphatic carbocycles. The van der Waals surface area contributed by atoms with Crippen molar-refractivity contribution < 1.29 is 0 Å². The Morgan fingerprint density at radius 1 is 1.26 bits per heavy atom.